The van der Waals surface area contributed by atoms with Gasteiger partial charge in [0.2, 0.25) is 0 Å². The van der Waals surface area contributed by atoms with Crippen LogP contribution in [0.15, 0.2) is 0 Å². The molecule has 0 spiro atoms. The van der Waals surface area contributed by atoms with Crippen LogP contribution >= 0.6 is 0 Å². The van der Waals surface area contributed by atoms with E-state index >= 15 is 0 Å². The summed E-state index contributed by atoms with van der Waals surface area (Å²) in [5, 5.41) is 16.0. The Morgan fingerprint density at radius 1 is 1.00 bits per heavy atom. The summed E-state index contributed by atoms with van der Waals surface area (Å²) in [6.45, 7) is 1.39. The molecule has 64 valence electrons. The number of aliphatic hydroxyl groups excluding tert-OH is 2. The van der Waals surface area contributed by atoms with Gasteiger partial charge < -0.3 is 38.4 Å². The molecule has 0 heterocycles. The minimum Gasteiger partial charge on any atom is -0.894 e. The summed E-state index contributed by atoms with van der Waals surface area (Å²) in [7, 11) is -5.61. The first-order chi connectivity index (χ1) is 4.27. The molecule has 11 heteroatoms. The van der Waals surface area contributed by atoms with E-state index in [2.05, 4.69) is 0 Å². The van der Waals surface area contributed by atoms with E-state index in [1.54, 1.807) is 0 Å². The van der Waals surface area contributed by atoms with E-state index in [-0.39, 0.29) is 212 Å². The van der Waals surface area contributed by atoms with Gasteiger partial charge in [0.1, 0.15) is 0 Å². The van der Waals surface area contributed by atoms with Crippen LogP contribution in [-0.2, 0) is 0 Å². The van der Waals surface area contributed by atoms with Crippen molar-refractivity contribution in [2.24, 2.45) is 0 Å². The fraction of sp³-hybridized carbons (Fsp3) is 1.00. The molecular weight excluding hydrogens is 317 g/mol. The fourth-order valence-electron chi connectivity index (χ4n) is 0. The van der Waals surface area contributed by atoms with Gasteiger partial charge in [-0.15, -0.1) is 0 Å². The van der Waals surface area contributed by atoms with Gasteiger partial charge in [0.25, 0.3) is 0 Å². The van der Waals surface area contributed by atoms with E-state index in [0.717, 1.165) is 0 Å². The molecule has 1 unspecified atom stereocenters. The largest absolute Gasteiger partial charge is 1.00 e. The first kappa shape index (κ1) is 37.1. The zero-order valence-electron chi connectivity index (χ0n) is 9.31. The van der Waals surface area contributed by atoms with Gasteiger partial charge in [0.15, 0.2) is 0 Å². The Kier molecular flexibility index (Phi) is 65.0. The van der Waals surface area contributed by atoms with Crippen molar-refractivity contribution in [1.29, 1.82) is 0 Å². The van der Waals surface area contributed by atoms with Gasteiger partial charge in [-0.3, -0.25) is 0 Å². The quantitative estimate of drug-likeness (QED) is 0.460. The number of aliphatic hydroxyl groups is 2. The van der Waals surface area contributed by atoms with Crippen LogP contribution in [0.3, 0.4) is 0 Å². The Balaban J connectivity index is -0.0000000178. The van der Waals surface area contributed by atoms with Gasteiger partial charge >= 0.3 is 206 Å². The second-order valence-electron chi connectivity index (χ2n) is 1.53. The van der Waals surface area contributed by atoms with Crippen molar-refractivity contribution in [3.05, 3.63) is 0 Å². The van der Waals surface area contributed by atoms with E-state index in [1.807, 2.05) is 0 Å². The first-order valence-electron chi connectivity index (χ1n) is 2.38. The molecule has 0 aromatic rings. The van der Waals surface area contributed by atoms with E-state index in [1.165, 1.54) is 6.92 Å². The molecule has 0 saturated carbocycles. The monoisotopic (exact) mass is 324 g/mol. The summed E-state index contributed by atoms with van der Waals surface area (Å²) in [4.78, 5) is 34.3. The SMILES string of the molecule is CC(O)CO.[K+].[K+].[K+].[K+].[O-][Si]([O-])([O-])[O-]. The van der Waals surface area contributed by atoms with Crippen LogP contribution in [0.25, 0.3) is 0 Å². The molecule has 0 rings (SSSR count). The van der Waals surface area contributed by atoms with Crippen LogP contribution in [0, 0.1) is 0 Å². The van der Waals surface area contributed by atoms with Crippen molar-refractivity contribution in [1.82, 2.24) is 0 Å². The van der Waals surface area contributed by atoms with Crippen LogP contribution in [0.1, 0.15) is 6.92 Å². The zero-order valence-corrected chi connectivity index (χ0v) is 22.8. The Morgan fingerprint density at radius 3 is 1.07 bits per heavy atom. The van der Waals surface area contributed by atoms with Gasteiger partial charge in [-0.1, -0.05) is 0 Å². The average Bonchev–Trinajstić information content (AvgIpc) is 1.61. The summed E-state index contributed by atoms with van der Waals surface area (Å²) in [5.74, 6) is 0. The maximum absolute atomic E-state index is 8.58. The van der Waals surface area contributed by atoms with E-state index in [9.17, 15) is 0 Å². The van der Waals surface area contributed by atoms with Crippen molar-refractivity contribution in [3.8, 4) is 0 Å². The van der Waals surface area contributed by atoms with Gasteiger partial charge in [-0.25, -0.2) is 0 Å². The van der Waals surface area contributed by atoms with Crippen LogP contribution in [-0.4, -0.2) is 32.0 Å². The number of rotatable bonds is 1. The van der Waals surface area contributed by atoms with Crippen LogP contribution in [0.2, 0.25) is 0 Å². The second-order valence-corrected chi connectivity index (χ2v) is 2.53. The van der Waals surface area contributed by atoms with E-state index in [0.29, 0.717) is 0 Å². The molecular formula is C3H8K4O6Si. The van der Waals surface area contributed by atoms with E-state index in [4.69, 9.17) is 29.4 Å². The standard InChI is InChI=1S/C3H8O2.4K.O4Si/c1-3(5)2-4;;;;;1-5(2,3)4/h3-5H,2H2,1H3;;;;;/q;4*+1;-4. The number of hydrogen-bond donors (Lipinski definition) is 2. The predicted octanol–water partition coefficient (Wildman–Crippen LogP) is -17.8. The third kappa shape index (κ3) is 78.3. The molecule has 0 aliphatic rings. The zero-order chi connectivity index (χ0) is 8.78. The molecule has 0 aliphatic heterocycles. The Morgan fingerprint density at radius 2 is 1.07 bits per heavy atom. The van der Waals surface area contributed by atoms with E-state index < -0.39 is 15.2 Å². The van der Waals surface area contributed by atoms with Crippen molar-refractivity contribution in [2.45, 2.75) is 13.0 Å². The molecule has 0 aliphatic carbocycles. The molecule has 0 aromatic heterocycles. The Labute approximate surface area is 255 Å². The molecule has 1 atom stereocenters. The van der Waals surface area contributed by atoms with Gasteiger partial charge in [0, 0.05) is 0 Å². The maximum atomic E-state index is 8.58. The fourth-order valence-corrected chi connectivity index (χ4v) is 0. The summed E-state index contributed by atoms with van der Waals surface area (Å²) < 4.78 is 0. The Bertz CT molecular complexity index is 74.0. The summed E-state index contributed by atoms with van der Waals surface area (Å²) in [6, 6.07) is 0. The third-order valence-corrected chi connectivity index (χ3v) is 0.264. The first-order valence-corrected chi connectivity index (χ1v) is 4.01. The smallest absolute Gasteiger partial charge is 0.894 e. The summed E-state index contributed by atoms with van der Waals surface area (Å²) in [6.07, 6.45) is -0.560. The third-order valence-electron chi connectivity index (χ3n) is 0.264. The summed E-state index contributed by atoms with van der Waals surface area (Å²) >= 11 is 0. The number of hydrogen-bond acceptors (Lipinski definition) is 6. The van der Waals surface area contributed by atoms with Crippen LogP contribution in [0.5, 0.6) is 0 Å². The second kappa shape index (κ2) is 24.5. The van der Waals surface area contributed by atoms with Crippen LogP contribution < -0.4 is 225 Å². The van der Waals surface area contributed by atoms with Crippen molar-refractivity contribution in [3.63, 3.8) is 0 Å². The minimum absolute atomic E-state index is 0. The molecule has 0 aromatic carbocycles. The van der Waals surface area contributed by atoms with Gasteiger partial charge in [-0.05, 0) is 6.92 Å². The molecule has 0 saturated heterocycles. The Hall–Kier alpha value is 6.52. The molecule has 0 bridgehead atoms. The minimum atomic E-state index is -5.61. The van der Waals surface area contributed by atoms with Gasteiger partial charge in [0.05, 0.1) is 12.7 Å². The average molecular weight is 325 g/mol. The maximum Gasteiger partial charge on any atom is 1.00 e. The molecule has 0 amide bonds. The molecule has 14 heavy (non-hydrogen) atoms. The topological polar surface area (TPSA) is 133 Å². The van der Waals surface area contributed by atoms with Crippen molar-refractivity contribution >= 4 is 9.05 Å². The van der Waals surface area contributed by atoms with Crippen molar-refractivity contribution < 1.29 is 235 Å². The predicted molar refractivity (Wildman–Crippen MR) is 24.5 cm³/mol. The molecule has 0 radical (unpaired) electrons. The molecule has 6 nitrogen and oxygen atoms in total. The van der Waals surface area contributed by atoms with Crippen molar-refractivity contribution in [2.75, 3.05) is 6.61 Å². The molecule has 2 N–H and O–H groups in total. The van der Waals surface area contributed by atoms with Crippen LogP contribution in [0.4, 0.5) is 0 Å². The normalized spacial score (nSPS) is 9.64. The summed E-state index contributed by atoms with van der Waals surface area (Å²) in [5.41, 5.74) is 0. The van der Waals surface area contributed by atoms with Gasteiger partial charge in [-0.2, -0.15) is 0 Å². The molecule has 0 fully saturated rings.